The van der Waals surface area contributed by atoms with Gasteiger partial charge >= 0.3 is 139 Å². The molecule has 0 aromatic rings. The van der Waals surface area contributed by atoms with E-state index in [9.17, 15) is 0 Å². The van der Waals surface area contributed by atoms with Crippen LogP contribution in [-0.4, -0.2) is 26.4 Å². The van der Waals surface area contributed by atoms with Crippen molar-refractivity contribution in [3.63, 3.8) is 0 Å². The van der Waals surface area contributed by atoms with E-state index < -0.39 is 8.07 Å². The van der Waals surface area contributed by atoms with Crippen molar-refractivity contribution >= 4 is 12.2 Å². The quantitative estimate of drug-likeness (QED) is 0.271. The van der Waals surface area contributed by atoms with E-state index in [-0.39, 0.29) is 0 Å². The number of unbranched alkanes of at least 4 members (excludes halogenated alkanes) is 2. The Morgan fingerprint density at radius 2 is 1.84 bits per heavy atom. The standard InChI is InChI=1S/C21H32O2Si.W/c1-22-18-20-14-15-21(23-2)17-19(20)13-11-9-7-6-8-10-12-16-24(3,4)5;/h15,19-20H,6,8,10-11,13-14,17H2,1-5H3;/t19-,20+;/m0./s1. The van der Waals surface area contributed by atoms with Crippen molar-refractivity contribution in [1.82, 2.24) is 0 Å². The van der Waals surface area contributed by atoms with E-state index >= 15 is 0 Å². The van der Waals surface area contributed by atoms with Crippen LogP contribution in [0.2, 0.25) is 19.6 Å². The van der Waals surface area contributed by atoms with E-state index in [0.717, 1.165) is 50.7 Å². The topological polar surface area (TPSA) is 18.5 Å². The third kappa shape index (κ3) is 9.60. The van der Waals surface area contributed by atoms with E-state index in [0.29, 0.717) is 11.8 Å². The van der Waals surface area contributed by atoms with Crippen LogP contribution in [0.15, 0.2) is 11.8 Å². The molecule has 0 aliphatic heterocycles. The zero-order valence-electron chi connectivity index (χ0n) is 16.4. The van der Waals surface area contributed by atoms with Crippen LogP contribution in [0.5, 0.6) is 0 Å². The third-order valence-corrected chi connectivity index (χ3v) is 6.84. The van der Waals surface area contributed by atoms with Crippen LogP contribution in [-0.2, 0) is 28.8 Å². The van der Waals surface area contributed by atoms with Gasteiger partial charge in [-0.05, 0) is 0 Å². The SMILES string of the molecule is CO[C](=[W])[C@H]1CC=C(OC)C[C@@H]1CCC#CCCCC#C[Si](C)(C)C. The normalized spacial score (nSPS) is 19.8. The van der Waals surface area contributed by atoms with Crippen LogP contribution in [0, 0.1) is 35.1 Å². The Morgan fingerprint density at radius 1 is 1.16 bits per heavy atom. The van der Waals surface area contributed by atoms with E-state index in [2.05, 4.69) is 49.0 Å². The molecule has 0 amide bonds. The average molecular weight is 528 g/mol. The maximum absolute atomic E-state index is 5.53. The molecule has 0 N–H and O–H groups in total. The van der Waals surface area contributed by atoms with Crippen LogP contribution in [0.25, 0.3) is 0 Å². The Morgan fingerprint density at radius 3 is 2.48 bits per heavy atom. The molecule has 2 atom stereocenters. The molecule has 4 heteroatoms. The minimum Gasteiger partial charge on any atom is -0.0587 e. The predicted molar refractivity (Wildman–Crippen MR) is 105 cm³/mol. The number of hydrogen-bond donors (Lipinski definition) is 0. The summed E-state index contributed by atoms with van der Waals surface area (Å²) >= 11 is 1.44. The average Bonchev–Trinajstić information content (AvgIpc) is 2.58. The van der Waals surface area contributed by atoms with Crippen molar-refractivity contribution in [3.8, 4) is 23.3 Å². The van der Waals surface area contributed by atoms with Crippen molar-refractivity contribution in [2.75, 3.05) is 14.2 Å². The first-order chi connectivity index (χ1) is 11.9. The number of rotatable bonds is 7. The molecule has 25 heavy (non-hydrogen) atoms. The minimum atomic E-state index is -1.21. The fraction of sp³-hybridized carbons (Fsp3) is 0.667. The number of allylic oxidation sites excluding steroid dienone is 2. The van der Waals surface area contributed by atoms with Gasteiger partial charge in [-0.2, -0.15) is 0 Å². The summed E-state index contributed by atoms with van der Waals surface area (Å²) in [5, 5.41) is 0. The van der Waals surface area contributed by atoms with Crippen LogP contribution < -0.4 is 0 Å². The van der Waals surface area contributed by atoms with Gasteiger partial charge in [0.25, 0.3) is 0 Å². The zero-order valence-corrected chi connectivity index (χ0v) is 20.3. The smallest absolute Gasteiger partial charge is 0.0587 e. The molecule has 0 heterocycles. The molecule has 1 aliphatic rings. The molecule has 0 fully saturated rings. The third-order valence-electron chi connectivity index (χ3n) is 4.23. The number of hydrogen-bond acceptors (Lipinski definition) is 2. The molecule has 1 rings (SSSR count). The molecule has 0 saturated carbocycles. The Labute approximate surface area is 166 Å². The van der Waals surface area contributed by atoms with Crippen molar-refractivity contribution in [1.29, 1.82) is 0 Å². The van der Waals surface area contributed by atoms with Gasteiger partial charge < -0.3 is 0 Å². The van der Waals surface area contributed by atoms with Crippen LogP contribution in [0.4, 0.5) is 0 Å². The molecule has 1 aliphatic carbocycles. The van der Waals surface area contributed by atoms with E-state index in [1.165, 1.54) is 23.4 Å². The van der Waals surface area contributed by atoms with Crippen LogP contribution in [0.1, 0.15) is 44.9 Å². The van der Waals surface area contributed by atoms with Crippen molar-refractivity contribution < 1.29 is 28.8 Å². The first kappa shape index (κ1) is 22.4. The summed E-state index contributed by atoms with van der Waals surface area (Å²) in [7, 11) is 2.35. The van der Waals surface area contributed by atoms with Crippen molar-refractivity contribution in [3.05, 3.63) is 11.8 Å². The van der Waals surface area contributed by atoms with Gasteiger partial charge in [0, 0.05) is 0 Å². The fourth-order valence-electron chi connectivity index (χ4n) is 2.87. The second-order valence-corrected chi connectivity index (χ2v) is 13.7. The first-order valence-corrected chi connectivity index (χ1v) is 14.1. The second-order valence-electron chi connectivity index (χ2n) is 7.50. The van der Waals surface area contributed by atoms with E-state index in [1.807, 2.05) is 0 Å². The summed E-state index contributed by atoms with van der Waals surface area (Å²) in [6, 6.07) is 0. The molecule has 138 valence electrons. The van der Waals surface area contributed by atoms with Gasteiger partial charge in [0.1, 0.15) is 8.07 Å². The molecule has 0 bridgehead atoms. The van der Waals surface area contributed by atoms with Gasteiger partial charge in [0.05, 0.1) is 0 Å². The second kappa shape index (κ2) is 11.9. The number of methoxy groups -OCH3 is 2. The monoisotopic (exact) mass is 528 g/mol. The van der Waals surface area contributed by atoms with Crippen molar-refractivity contribution in [2.24, 2.45) is 11.8 Å². The molecule has 2 nitrogen and oxygen atoms in total. The van der Waals surface area contributed by atoms with E-state index in [4.69, 9.17) is 9.47 Å². The molecular weight excluding hydrogens is 496 g/mol. The van der Waals surface area contributed by atoms with Gasteiger partial charge in [-0.1, -0.05) is 19.6 Å². The summed E-state index contributed by atoms with van der Waals surface area (Å²) in [5.74, 6) is 12.2. The first-order valence-electron chi connectivity index (χ1n) is 9.14. The molecule has 0 spiro atoms. The Bertz CT molecular complexity index is 581. The molecule has 0 saturated heterocycles. The summed E-state index contributed by atoms with van der Waals surface area (Å²) in [6.07, 6.45) is 9.38. The van der Waals surface area contributed by atoms with Gasteiger partial charge in [-0.3, -0.25) is 0 Å². The summed E-state index contributed by atoms with van der Waals surface area (Å²) in [6.45, 7) is 6.85. The van der Waals surface area contributed by atoms with Gasteiger partial charge in [0.2, 0.25) is 0 Å². The van der Waals surface area contributed by atoms with E-state index in [1.54, 1.807) is 14.2 Å². The Hall–Kier alpha value is -0.605. The van der Waals surface area contributed by atoms with Gasteiger partial charge in [-0.15, -0.1) is 0 Å². The molecule has 0 unspecified atom stereocenters. The fourth-order valence-corrected chi connectivity index (χ4v) is 4.56. The summed E-state index contributed by atoms with van der Waals surface area (Å²) in [4.78, 5) is 0. The summed E-state index contributed by atoms with van der Waals surface area (Å²) in [5.41, 5.74) is 3.41. The van der Waals surface area contributed by atoms with Gasteiger partial charge in [-0.25, -0.2) is 0 Å². The maximum atomic E-state index is 5.53. The molecular formula is C21H32O2SiW. The predicted octanol–water partition coefficient (Wildman–Crippen LogP) is 4.70. The van der Waals surface area contributed by atoms with Crippen LogP contribution in [0.3, 0.4) is 0 Å². The Balaban J connectivity index is 2.37. The molecule has 0 radical (unpaired) electrons. The summed E-state index contributed by atoms with van der Waals surface area (Å²) < 4.78 is 12.2. The van der Waals surface area contributed by atoms with Gasteiger partial charge in [0.15, 0.2) is 0 Å². The molecule has 0 aromatic carbocycles. The molecule has 0 aromatic heterocycles. The minimum absolute atomic E-state index is 0.525. The Kier molecular flexibility index (Phi) is 10.7. The number of ether oxygens (including phenoxy) is 2. The van der Waals surface area contributed by atoms with Crippen LogP contribution >= 0.6 is 0 Å². The zero-order chi connectivity index (χ0) is 18.7. The van der Waals surface area contributed by atoms with Crippen molar-refractivity contribution in [2.45, 2.75) is 64.6 Å².